The van der Waals surface area contributed by atoms with Gasteiger partial charge in [0.15, 0.2) is 0 Å². The number of furan rings is 1. The van der Waals surface area contributed by atoms with Crippen LogP contribution < -0.4 is 5.32 Å². The number of halogens is 1. The van der Waals surface area contributed by atoms with Gasteiger partial charge in [0.25, 0.3) is 0 Å². The molecule has 1 amide bonds. The highest BCUT2D eigenvalue weighted by Crippen LogP contribution is 2.28. The summed E-state index contributed by atoms with van der Waals surface area (Å²) >= 11 is 1.30. The Labute approximate surface area is 160 Å². The van der Waals surface area contributed by atoms with E-state index in [1.54, 1.807) is 24.5 Å². The van der Waals surface area contributed by atoms with Gasteiger partial charge in [-0.15, -0.1) is 11.8 Å². The molecule has 2 heterocycles. The molecule has 1 N–H and O–H groups in total. The minimum atomic E-state index is -0.316. The first kappa shape index (κ1) is 18.8. The number of nitrogens with one attached hydrogen (secondary N) is 1. The molecule has 1 aromatic carbocycles. The lowest BCUT2D eigenvalue weighted by Gasteiger charge is -2.12. The third kappa shape index (κ3) is 4.23. The largest absolute Gasteiger partial charge is 0.467 e. The molecule has 0 spiro atoms. The maximum absolute atomic E-state index is 13.0. The first-order valence-electron chi connectivity index (χ1n) is 8.30. The van der Waals surface area contributed by atoms with Gasteiger partial charge < -0.3 is 14.3 Å². The fraction of sp³-hybridized carbons (Fsp3) is 0.200. The van der Waals surface area contributed by atoms with Gasteiger partial charge in [0, 0.05) is 10.6 Å². The van der Waals surface area contributed by atoms with E-state index in [2.05, 4.69) is 11.4 Å². The van der Waals surface area contributed by atoms with Crippen molar-refractivity contribution in [2.45, 2.75) is 25.3 Å². The van der Waals surface area contributed by atoms with E-state index >= 15 is 0 Å². The average Bonchev–Trinajstić information content (AvgIpc) is 3.24. The Kier molecular flexibility index (Phi) is 5.67. The first-order chi connectivity index (χ1) is 13.0. The van der Waals surface area contributed by atoms with Crippen LogP contribution in [-0.4, -0.2) is 16.2 Å². The van der Waals surface area contributed by atoms with Gasteiger partial charge in [0.05, 0.1) is 24.1 Å². The summed E-state index contributed by atoms with van der Waals surface area (Å²) in [6, 6.07) is 11.8. The topological polar surface area (TPSA) is 71.0 Å². The minimum absolute atomic E-state index is 0.153. The van der Waals surface area contributed by atoms with E-state index in [1.807, 2.05) is 24.5 Å². The number of thioether (sulfide) groups is 1. The van der Waals surface area contributed by atoms with Gasteiger partial charge in [-0.25, -0.2) is 4.39 Å². The number of hydrogen-bond donors (Lipinski definition) is 1. The van der Waals surface area contributed by atoms with Gasteiger partial charge in [0.1, 0.15) is 23.5 Å². The number of benzene rings is 1. The number of nitrogens with zero attached hydrogens (tertiary/aromatic N) is 2. The highest BCUT2D eigenvalue weighted by Gasteiger charge is 2.20. The van der Waals surface area contributed by atoms with Crippen molar-refractivity contribution in [3.05, 3.63) is 71.1 Å². The van der Waals surface area contributed by atoms with Gasteiger partial charge in [-0.05, 0) is 55.8 Å². The summed E-state index contributed by atoms with van der Waals surface area (Å²) in [5, 5.41) is 12.4. The molecule has 0 unspecified atom stereocenters. The van der Waals surface area contributed by atoms with Crippen LogP contribution in [0.1, 0.15) is 22.6 Å². The van der Waals surface area contributed by atoms with Crippen LogP contribution in [0.25, 0.3) is 0 Å². The van der Waals surface area contributed by atoms with Gasteiger partial charge >= 0.3 is 0 Å². The summed E-state index contributed by atoms with van der Waals surface area (Å²) in [6.45, 7) is 4.18. The molecule has 0 aliphatic heterocycles. The predicted octanol–water partition coefficient (Wildman–Crippen LogP) is 4.49. The molecule has 2 aromatic heterocycles. The molecule has 7 heteroatoms. The summed E-state index contributed by atoms with van der Waals surface area (Å²) in [7, 11) is 0. The molecule has 3 aromatic rings. The fourth-order valence-corrected chi connectivity index (χ4v) is 3.43. The molecule has 0 bridgehead atoms. The van der Waals surface area contributed by atoms with E-state index in [0.29, 0.717) is 17.9 Å². The van der Waals surface area contributed by atoms with Crippen LogP contribution in [0.15, 0.2) is 52.0 Å². The molecule has 0 atom stereocenters. The molecule has 0 saturated heterocycles. The van der Waals surface area contributed by atoms with Crippen LogP contribution in [0.2, 0.25) is 0 Å². The lowest BCUT2D eigenvalue weighted by atomic mass is 10.2. The SMILES string of the molecule is Cc1c(C#N)c(NC(=O)CSc2ccc(F)cc2)n(Cc2ccco2)c1C. The quantitative estimate of drug-likeness (QED) is 0.637. The maximum atomic E-state index is 13.0. The normalized spacial score (nSPS) is 10.6. The molecular formula is C20H18FN3O2S. The summed E-state index contributed by atoms with van der Waals surface area (Å²) in [5.41, 5.74) is 2.16. The van der Waals surface area contributed by atoms with Gasteiger partial charge in [-0.1, -0.05) is 0 Å². The van der Waals surface area contributed by atoms with Gasteiger partial charge in [0.2, 0.25) is 5.91 Å². The van der Waals surface area contributed by atoms with Crippen molar-refractivity contribution < 1.29 is 13.6 Å². The zero-order valence-corrected chi connectivity index (χ0v) is 15.8. The second kappa shape index (κ2) is 8.14. The van der Waals surface area contributed by atoms with Crippen LogP contribution in [0.3, 0.4) is 0 Å². The Morgan fingerprint density at radius 2 is 2.04 bits per heavy atom. The summed E-state index contributed by atoms with van der Waals surface area (Å²) in [6.07, 6.45) is 1.59. The molecule has 138 valence electrons. The number of aromatic nitrogens is 1. The van der Waals surface area contributed by atoms with Crippen LogP contribution in [0, 0.1) is 31.0 Å². The summed E-state index contributed by atoms with van der Waals surface area (Å²) < 4.78 is 20.2. The van der Waals surface area contributed by atoms with Crippen LogP contribution >= 0.6 is 11.8 Å². The summed E-state index contributed by atoms with van der Waals surface area (Å²) in [4.78, 5) is 13.2. The Hall–Kier alpha value is -2.98. The Morgan fingerprint density at radius 1 is 1.30 bits per heavy atom. The van der Waals surface area contributed by atoms with Crippen molar-refractivity contribution in [1.82, 2.24) is 4.57 Å². The number of carbonyl (C=O) groups excluding carboxylic acids is 1. The number of nitriles is 1. The average molecular weight is 383 g/mol. The molecule has 27 heavy (non-hydrogen) atoms. The van der Waals surface area contributed by atoms with Crippen molar-refractivity contribution >= 4 is 23.5 Å². The summed E-state index contributed by atoms with van der Waals surface area (Å²) in [5.74, 6) is 0.797. The third-order valence-corrected chi connectivity index (χ3v) is 5.29. The highest BCUT2D eigenvalue weighted by atomic mass is 32.2. The Morgan fingerprint density at radius 3 is 2.67 bits per heavy atom. The van der Waals surface area contributed by atoms with Crippen molar-refractivity contribution in [3.8, 4) is 6.07 Å². The second-order valence-electron chi connectivity index (χ2n) is 6.00. The number of rotatable bonds is 6. The zero-order chi connectivity index (χ0) is 19.4. The van der Waals surface area contributed by atoms with Crippen LogP contribution in [-0.2, 0) is 11.3 Å². The van der Waals surface area contributed by atoms with Crippen molar-refractivity contribution in [2.24, 2.45) is 0 Å². The van der Waals surface area contributed by atoms with Crippen LogP contribution in [0.5, 0.6) is 0 Å². The predicted molar refractivity (Wildman–Crippen MR) is 102 cm³/mol. The molecule has 3 rings (SSSR count). The smallest absolute Gasteiger partial charge is 0.235 e. The van der Waals surface area contributed by atoms with Gasteiger partial charge in [-0.3, -0.25) is 4.79 Å². The van der Waals surface area contributed by atoms with E-state index in [4.69, 9.17) is 4.42 Å². The number of hydrogen-bond acceptors (Lipinski definition) is 4. The lowest BCUT2D eigenvalue weighted by Crippen LogP contribution is -2.18. The van der Waals surface area contributed by atoms with Crippen molar-refractivity contribution in [1.29, 1.82) is 5.26 Å². The molecule has 0 saturated carbocycles. The third-order valence-electron chi connectivity index (χ3n) is 4.28. The standard InChI is InChI=1S/C20H18FN3O2S/c1-13-14(2)24(11-16-4-3-9-26-16)20(18(13)10-22)23-19(25)12-27-17-7-5-15(21)6-8-17/h3-9H,11-12H2,1-2H3,(H,23,25). The van der Waals surface area contributed by atoms with Gasteiger partial charge in [-0.2, -0.15) is 5.26 Å². The Bertz CT molecular complexity index is 986. The number of carbonyl (C=O) groups is 1. The minimum Gasteiger partial charge on any atom is -0.467 e. The highest BCUT2D eigenvalue weighted by molar-refractivity contribution is 8.00. The number of amides is 1. The Balaban J connectivity index is 1.78. The molecule has 0 fully saturated rings. The molecule has 0 aliphatic carbocycles. The van der Waals surface area contributed by atoms with E-state index in [-0.39, 0.29) is 17.5 Å². The molecule has 0 radical (unpaired) electrons. The zero-order valence-electron chi connectivity index (χ0n) is 15.0. The molecule has 0 aliphatic rings. The maximum Gasteiger partial charge on any atom is 0.235 e. The molecule has 5 nitrogen and oxygen atoms in total. The van der Waals surface area contributed by atoms with E-state index in [1.165, 1.54) is 23.9 Å². The van der Waals surface area contributed by atoms with Crippen molar-refractivity contribution in [2.75, 3.05) is 11.1 Å². The van der Waals surface area contributed by atoms with E-state index in [0.717, 1.165) is 21.9 Å². The monoisotopic (exact) mass is 383 g/mol. The van der Waals surface area contributed by atoms with E-state index < -0.39 is 0 Å². The number of anilines is 1. The lowest BCUT2D eigenvalue weighted by molar-refractivity contribution is -0.113. The van der Waals surface area contributed by atoms with Crippen LogP contribution in [0.4, 0.5) is 10.2 Å². The fourth-order valence-electron chi connectivity index (χ4n) is 2.73. The molecular weight excluding hydrogens is 365 g/mol. The first-order valence-corrected chi connectivity index (χ1v) is 9.28. The van der Waals surface area contributed by atoms with Crippen molar-refractivity contribution in [3.63, 3.8) is 0 Å². The second-order valence-corrected chi connectivity index (χ2v) is 7.05. The van der Waals surface area contributed by atoms with E-state index in [9.17, 15) is 14.4 Å².